The summed E-state index contributed by atoms with van der Waals surface area (Å²) in [6.45, 7) is 0. The van der Waals surface area contributed by atoms with E-state index in [1.807, 2.05) is 0 Å². The molecule has 0 aliphatic heterocycles. The number of carbonyl (C=O) groups excluding carboxylic acids is 1. The third kappa shape index (κ3) is 1.67. The molecular weight excluding hydrogens is 176 g/mol. The van der Waals surface area contributed by atoms with Crippen LogP contribution in [0.5, 0.6) is 0 Å². The van der Waals surface area contributed by atoms with Crippen LogP contribution in [0.1, 0.15) is 25.7 Å². The van der Waals surface area contributed by atoms with Gasteiger partial charge in [-0.05, 0) is 31.1 Å². The zero-order valence-corrected chi connectivity index (χ0v) is 7.30. The fourth-order valence-corrected chi connectivity index (χ4v) is 2.67. The minimum absolute atomic E-state index is 0.0280. The van der Waals surface area contributed by atoms with E-state index in [-0.39, 0.29) is 6.04 Å². The molecule has 0 radical (unpaired) electrons. The van der Waals surface area contributed by atoms with Crippen molar-refractivity contribution >= 4 is 5.91 Å². The maximum absolute atomic E-state index is 11.9. The van der Waals surface area contributed by atoms with Crippen LogP contribution in [-0.2, 0) is 4.79 Å². The summed E-state index contributed by atoms with van der Waals surface area (Å²) >= 11 is 0. The number of fused-ring (bicyclic) bond motifs is 2. The Hall–Kier alpha value is -0.670. The molecule has 2 aliphatic carbocycles. The van der Waals surface area contributed by atoms with Gasteiger partial charge in [0, 0.05) is 6.04 Å². The summed E-state index contributed by atoms with van der Waals surface area (Å²) in [7, 11) is 0. The zero-order chi connectivity index (χ0) is 9.42. The van der Waals surface area contributed by atoms with Crippen LogP contribution in [0.4, 0.5) is 8.78 Å². The fraction of sp³-hybridized carbons (Fsp3) is 0.889. The highest BCUT2D eigenvalue weighted by atomic mass is 19.3. The average Bonchev–Trinajstić information content (AvgIpc) is 2.64. The fourth-order valence-electron chi connectivity index (χ4n) is 2.67. The molecule has 2 aliphatic rings. The summed E-state index contributed by atoms with van der Waals surface area (Å²) < 4.78 is 23.8. The predicted octanol–water partition coefficient (Wildman–Crippen LogP) is 1.56. The molecule has 1 N–H and O–H groups in total. The Bertz CT molecular complexity index is 220. The summed E-state index contributed by atoms with van der Waals surface area (Å²) in [5, 5.41) is 2.42. The molecule has 2 saturated carbocycles. The molecule has 3 atom stereocenters. The maximum atomic E-state index is 11.9. The topological polar surface area (TPSA) is 29.1 Å². The van der Waals surface area contributed by atoms with E-state index in [1.165, 1.54) is 6.42 Å². The molecule has 2 rings (SSSR count). The number of hydrogen-bond acceptors (Lipinski definition) is 1. The van der Waals surface area contributed by atoms with E-state index < -0.39 is 12.3 Å². The van der Waals surface area contributed by atoms with Gasteiger partial charge >= 0.3 is 6.43 Å². The lowest BCUT2D eigenvalue weighted by atomic mass is 9.95. The van der Waals surface area contributed by atoms with Gasteiger partial charge in [0.1, 0.15) is 0 Å². The lowest BCUT2D eigenvalue weighted by Gasteiger charge is -2.22. The first-order chi connectivity index (χ1) is 6.16. The number of carbonyl (C=O) groups is 1. The molecule has 2 fully saturated rings. The van der Waals surface area contributed by atoms with Crippen molar-refractivity contribution in [3.63, 3.8) is 0 Å². The van der Waals surface area contributed by atoms with Crippen LogP contribution in [0.3, 0.4) is 0 Å². The van der Waals surface area contributed by atoms with Crippen molar-refractivity contribution in [3.05, 3.63) is 0 Å². The Morgan fingerprint density at radius 1 is 1.31 bits per heavy atom. The molecule has 0 aromatic heterocycles. The summed E-state index contributed by atoms with van der Waals surface area (Å²) in [4.78, 5) is 10.7. The van der Waals surface area contributed by atoms with Gasteiger partial charge in [-0.1, -0.05) is 6.42 Å². The van der Waals surface area contributed by atoms with Crippen molar-refractivity contribution in [1.29, 1.82) is 0 Å². The highest BCUT2D eigenvalue weighted by molar-refractivity contribution is 5.79. The second-order valence-corrected chi connectivity index (χ2v) is 4.09. The van der Waals surface area contributed by atoms with E-state index in [9.17, 15) is 13.6 Å². The molecule has 74 valence electrons. The number of hydrogen-bond donors (Lipinski definition) is 1. The standard InChI is InChI=1S/C9H13F2NO/c10-8(11)9(13)12-7-4-5-1-2-6(7)3-5/h5-8H,1-4H2,(H,12,13). The van der Waals surface area contributed by atoms with Crippen molar-refractivity contribution in [1.82, 2.24) is 5.32 Å². The van der Waals surface area contributed by atoms with E-state index in [0.29, 0.717) is 11.8 Å². The van der Waals surface area contributed by atoms with Gasteiger partial charge in [0.25, 0.3) is 5.91 Å². The Morgan fingerprint density at radius 3 is 2.54 bits per heavy atom. The Labute approximate surface area is 75.7 Å². The second-order valence-electron chi connectivity index (χ2n) is 4.09. The Morgan fingerprint density at radius 2 is 2.08 bits per heavy atom. The van der Waals surface area contributed by atoms with Crippen LogP contribution < -0.4 is 5.32 Å². The van der Waals surface area contributed by atoms with Gasteiger partial charge in [0.05, 0.1) is 0 Å². The first-order valence-electron chi connectivity index (χ1n) is 4.75. The third-order valence-corrected chi connectivity index (χ3v) is 3.26. The van der Waals surface area contributed by atoms with E-state index in [1.54, 1.807) is 0 Å². The number of amides is 1. The van der Waals surface area contributed by atoms with E-state index in [4.69, 9.17) is 0 Å². The molecular formula is C9H13F2NO. The lowest BCUT2D eigenvalue weighted by Crippen LogP contribution is -2.41. The second kappa shape index (κ2) is 3.24. The number of nitrogens with one attached hydrogen (secondary N) is 1. The molecule has 3 unspecified atom stereocenters. The molecule has 0 aromatic rings. The maximum Gasteiger partial charge on any atom is 0.315 e. The van der Waals surface area contributed by atoms with Gasteiger partial charge in [-0.2, -0.15) is 8.78 Å². The first-order valence-corrected chi connectivity index (χ1v) is 4.75. The van der Waals surface area contributed by atoms with Crippen molar-refractivity contribution in [2.45, 2.75) is 38.2 Å². The highest BCUT2D eigenvalue weighted by Gasteiger charge is 2.40. The monoisotopic (exact) mass is 189 g/mol. The van der Waals surface area contributed by atoms with E-state index >= 15 is 0 Å². The molecule has 2 nitrogen and oxygen atoms in total. The van der Waals surface area contributed by atoms with Crippen LogP contribution in [0.2, 0.25) is 0 Å². The molecule has 4 heteroatoms. The Balaban J connectivity index is 1.86. The van der Waals surface area contributed by atoms with Crippen LogP contribution >= 0.6 is 0 Å². The van der Waals surface area contributed by atoms with Crippen LogP contribution in [-0.4, -0.2) is 18.4 Å². The summed E-state index contributed by atoms with van der Waals surface area (Å²) in [5.41, 5.74) is 0. The molecule has 0 spiro atoms. The van der Waals surface area contributed by atoms with E-state index in [0.717, 1.165) is 19.3 Å². The van der Waals surface area contributed by atoms with Gasteiger partial charge in [0.2, 0.25) is 0 Å². The average molecular weight is 189 g/mol. The minimum Gasteiger partial charge on any atom is -0.348 e. The molecule has 2 bridgehead atoms. The quantitative estimate of drug-likeness (QED) is 0.701. The largest absolute Gasteiger partial charge is 0.348 e. The van der Waals surface area contributed by atoms with Crippen molar-refractivity contribution < 1.29 is 13.6 Å². The minimum atomic E-state index is -2.86. The van der Waals surface area contributed by atoms with Crippen LogP contribution in [0.25, 0.3) is 0 Å². The van der Waals surface area contributed by atoms with Gasteiger partial charge in [-0.15, -0.1) is 0 Å². The third-order valence-electron chi connectivity index (χ3n) is 3.26. The number of rotatable bonds is 2. The van der Waals surface area contributed by atoms with Gasteiger partial charge < -0.3 is 5.32 Å². The van der Waals surface area contributed by atoms with Gasteiger partial charge in [0.15, 0.2) is 0 Å². The highest BCUT2D eigenvalue weighted by Crippen LogP contribution is 2.44. The van der Waals surface area contributed by atoms with Crippen LogP contribution in [0.15, 0.2) is 0 Å². The van der Waals surface area contributed by atoms with Crippen LogP contribution in [0, 0.1) is 11.8 Å². The normalized spacial score (nSPS) is 37.0. The zero-order valence-electron chi connectivity index (χ0n) is 7.30. The summed E-state index contributed by atoms with van der Waals surface area (Å²) in [5.74, 6) is 0.0400. The molecule has 1 amide bonds. The van der Waals surface area contributed by atoms with E-state index in [2.05, 4.69) is 5.32 Å². The molecule has 13 heavy (non-hydrogen) atoms. The summed E-state index contributed by atoms with van der Waals surface area (Å²) in [6.07, 6.45) is 1.47. The van der Waals surface area contributed by atoms with Gasteiger partial charge in [-0.3, -0.25) is 4.79 Å². The molecule has 0 aromatic carbocycles. The van der Waals surface area contributed by atoms with Gasteiger partial charge in [-0.25, -0.2) is 0 Å². The van der Waals surface area contributed by atoms with Crippen molar-refractivity contribution in [2.75, 3.05) is 0 Å². The predicted molar refractivity (Wildman–Crippen MR) is 43.4 cm³/mol. The molecule has 0 saturated heterocycles. The smallest absolute Gasteiger partial charge is 0.315 e. The SMILES string of the molecule is O=C(NC1CC2CCC1C2)C(F)F. The number of halogens is 2. The number of alkyl halides is 2. The van der Waals surface area contributed by atoms with Crippen molar-refractivity contribution in [3.8, 4) is 0 Å². The van der Waals surface area contributed by atoms with Crippen molar-refractivity contribution in [2.24, 2.45) is 11.8 Å². The molecule has 0 heterocycles. The summed E-state index contributed by atoms with van der Waals surface area (Å²) in [6, 6.07) is 0.0280. The first kappa shape index (κ1) is 8.91. The Kier molecular flexibility index (Phi) is 2.22. The lowest BCUT2D eigenvalue weighted by molar-refractivity contribution is -0.132.